The van der Waals surface area contributed by atoms with Crippen LogP contribution in [0.1, 0.15) is 18.4 Å². The van der Waals surface area contributed by atoms with Gasteiger partial charge in [0.15, 0.2) is 11.5 Å². The van der Waals surface area contributed by atoms with Crippen molar-refractivity contribution in [2.24, 2.45) is 0 Å². The standard InChI is InChI=1S/C13H16BrNO4/c1-17-12(16)3-2-4-15-7-9-5-10(14)13-11(6-9)18-8-19-13/h5-6,15H,2-4,7-8H2,1H3. The van der Waals surface area contributed by atoms with Gasteiger partial charge in [0.1, 0.15) is 0 Å². The normalized spacial score (nSPS) is 12.5. The maximum atomic E-state index is 10.9. The monoisotopic (exact) mass is 329 g/mol. The van der Waals surface area contributed by atoms with Gasteiger partial charge in [-0.05, 0) is 46.6 Å². The Bertz CT molecular complexity index is 464. The highest BCUT2D eigenvalue weighted by molar-refractivity contribution is 9.10. The highest BCUT2D eigenvalue weighted by Gasteiger charge is 2.17. The number of carbonyl (C=O) groups is 1. The lowest BCUT2D eigenvalue weighted by Gasteiger charge is -2.07. The van der Waals surface area contributed by atoms with Crippen LogP contribution < -0.4 is 14.8 Å². The van der Waals surface area contributed by atoms with Crippen LogP contribution >= 0.6 is 15.9 Å². The molecule has 0 spiro atoms. The minimum Gasteiger partial charge on any atom is -0.469 e. The predicted octanol–water partition coefficient (Wildman–Crippen LogP) is 2.22. The predicted molar refractivity (Wildman–Crippen MR) is 73.2 cm³/mol. The molecule has 1 aromatic rings. The molecule has 5 nitrogen and oxygen atoms in total. The van der Waals surface area contributed by atoms with Crippen molar-refractivity contribution in [3.63, 3.8) is 0 Å². The van der Waals surface area contributed by atoms with Gasteiger partial charge in [-0.1, -0.05) is 0 Å². The van der Waals surface area contributed by atoms with E-state index < -0.39 is 0 Å². The lowest BCUT2D eigenvalue weighted by molar-refractivity contribution is -0.140. The smallest absolute Gasteiger partial charge is 0.305 e. The van der Waals surface area contributed by atoms with Crippen LogP contribution in [0.2, 0.25) is 0 Å². The third-order valence-electron chi connectivity index (χ3n) is 2.78. The number of rotatable bonds is 6. The highest BCUT2D eigenvalue weighted by Crippen LogP contribution is 2.39. The third kappa shape index (κ3) is 3.84. The van der Waals surface area contributed by atoms with E-state index in [1.165, 1.54) is 7.11 Å². The highest BCUT2D eigenvalue weighted by atomic mass is 79.9. The van der Waals surface area contributed by atoms with E-state index in [1.807, 2.05) is 12.1 Å². The van der Waals surface area contributed by atoms with Crippen molar-refractivity contribution in [3.8, 4) is 11.5 Å². The van der Waals surface area contributed by atoms with Crippen LogP contribution in [-0.4, -0.2) is 26.4 Å². The van der Waals surface area contributed by atoms with Crippen molar-refractivity contribution < 1.29 is 19.0 Å². The quantitative estimate of drug-likeness (QED) is 0.640. The third-order valence-corrected chi connectivity index (χ3v) is 3.37. The van der Waals surface area contributed by atoms with Gasteiger partial charge in [-0.25, -0.2) is 0 Å². The first-order valence-electron chi connectivity index (χ1n) is 6.06. The summed E-state index contributed by atoms with van der Waals surface area (Å²) in [7, 11) is 1.40. The van der Waals surface area contributed by atoms with E-state index in [4.69, 9.17) is 9.47 Å². The molecule has 1 aromatic carbocycles. The van der Waals surface area contributed by atoms with Crippen LogP contribution in [0.25, 0.3) is 0 Å². The fraction of sp³-hybridized carbons (Fsp3) is 0.462. The number of nitrogens with one attached hydrogen (secondary N) is 1. The van der Waals surface area contributed by atoms with Gasteiger partial charge in [0, 0.05) is 13.0 Å². The van der Waals surface area contributed by atoms with E-state index in [1.54, 1.807) is 0 Å². The van der Waals surface area contributed by atoms with E-state index in [-0.39, 0.29) is 12.8 Å². The lowest BCUT2D eigenvalue weighted by atomic mass is 10.2. The minimum absolute atomic E-state index is 0.173. The summed E-state index contributed by atoms with van der Waals surface area (Å²) in [5, 5.41) is 3.27. The average Bonchev–Trinajstić information content (AvgIpc) is 2.87. The number of hydrogen-bond donors (Lipinski definition) is 1. The fourth-order valence-electron chi connectivity index (χ4n) is 1.82. The Labute approximate surface area is 120 Å². The summed E-state index contributed by atoms with van der Waals surface area (Å²) in [6, 6.07) is 3.96. The van der Waals surface area contributed by atoms with Gasteiger partial charge >= 0.3 is 5.97 Å². The number of carbonyl (C=O) groups excluding carboxylic acids is 1. The van der Waals surface area contributed by atoms with E-state index in [2.05, 4.69) is 26.0 Å². The maximum Gasteiger partial charge on any atom is 0.305 e. The molecular weight excluding hydrogens is 314 g/mol. The first-order chi connectivity index (χ1) is 9.20. The van der Waals surface area contributed by atoms with Crippen LogP contribution in [0.15, 0.2) is 16.6 Å². The largest absolute Gasteiger partial charge is 0.469 e. The summed E-state index contributed by atoms with van der Waals surface area (Å²) in [4.78, 5) is 10.9. The number of methoxy groups -OCH3 is 1. The molecule has 0 aliphatic carbocycles. The van der Waals surface area contributed by atoms with Gasteiger partial charge in [0.05, 0.1) is 11.6 Å². The summed E-state index contributed by atoms with van der Waals surface area (Å²) in [5.74, 6) is 1.35. The Morgan fingerprint density at radius 3 is 3.11 bits per heavy atom. The van der Waals surface area contributed by atoms with Crippen LogP contribution in [-0.2, 0) is 16.1 Å². The van der Waals surface area contributed by atoms with Gasteiger partial charge in [-0.2, -0.15) is 0 Å². The van der Waals surface area contributed by atoms with E-state index in [0.717, 1.165) is 41.0 Å². The van der Waals surface area contributed by atoms with E-state index in [0.29, 0.717) is 6.42 Å². The molecule has 2 rings (SSSR count). The molecule has 1 aliphatic rings. The summed E-state index contributed by atoms with van der Waals surface area (Å²) in [6.07, 6.45) is 1.20. The van der Waals surface area contributed by atoms with E-state index >= 15 is 0 Å². The molecule has 0 unspecified atom stereocenters. The first-order valence-corrected chi connectivity index (χ1v) is 6.85. The second-order valence-corrected chi connectivity index (χ2v) is 5.02. The molecule has 6 heteroatoms. The zero-order valence-corrected chi connectivity index (χ0v) is 12.3. The first kappa shape index (κ1) is 14.1. The SMILES string of the molecule is COC(=O)CCCNCc1cc(Br)c2c(c1)OCO2. The average molecular weight is 330 g/mol. The zero-order valence-electron chi connectivity index (χ0n) is 10.7. The van der Waals surface area contributed by atoms with Gasteiger partial charge in [0.25, 0.3) is 0 Å². The Hall–Kier alpha value is -1.27. The second-order valence-electron chi connectivity index (χ2n) is 4.17. The number of benzene rings is 1. The number of fused-ring (bicyclic) bond motifs is 1. The van der Waals surface area contributed by atoms with Gasteiger partial charge in [0.2, 0.25) is 6.79 Å². The number of halogens is 1. The molecule has 0 atom stereocenters. The molecule has 1 aliphatic heterocycles. The molecular formula is C13H16BrNO4. The number of hydrogen-bond acceptors (Lipinski definition) is 5. The molecule has 1 N–H and O–H groups in total. The van der Waals surface area contributed by atoms with Gasteiger partial charge in [-0.3, -0.25) is 4.79 Å². The molecule has 0 saturated heterocycles. The van der Waals surface area contributed by atoms with Crippen molar-refractivity contribution >= 4 is 21.9 Å². The van der Waals surface area contributed by atoms with Crippen LogP contribution in [0.3, 0.4) is 0 Å². The summed E-state index contributed by atoms with van der Waals surface area (Å²) in [5.41, 5.74) is 1.11. The van der Waals surface area contributed by atoms with Crippen molar-refractivity contribution in [1.82, 2.24) is 5.32 Å². The van der Waals surface area contributed by atoms with Crippen molar-refractivity contribution in [3.05, 3.63) is 22.2 Å². The zero-order chi connectivity index (χ0) is 13.7. The van der Waals surface area contributed by atoms with Crippen molar-refractivity contribution in [1.29, 1.82) is 0 Å². The molecule has 1 heterocycles. The van der Waals surface area contributed by atoms with E-state index in [9.17, 15) is 4.79 Å². The van der Waals surface area contributed by atoms with Crippen LogP contribution in [0, 0.1) is 0 Å². The Kier molecular flexibility index (Phi) is 5.04. The Morgan fingerprint density at radius 2 is 2.32 bits per heavy atom. The molecule has 0 amide bonds. The Balaban J connectivity index is 1.77. The van der Waals surface area contributed by atoms with Gasteiger partial charge < -0.3 is 19.5 Å². The number of esters is 1. The minimum atomic E-state index is -0.173. The fourth-order valence-corrected chi connectivity index (χ4v) is 2.42. The maximum absolute atomic E-state index is 10.9. The Morgan fingerprint density at radius 1 is 1.47 bits per heavy atom. The number of ether oxygens (including phenoxy) is 3. The molecule has 0 fully saturated rings. The summed E-state index contributed by atoms with van der Waals surface area (Å²) in [6.45, 7) is 1.75. The topological polar surface area (TPSA) is 56.8 Å². The molecule has 0 aromatic heterocycles. The molecule has 0 radical (unpaired) electrons. The van der Waals surface area contributed by atoms with Crippen LogP contribution in [0.4, 0.5) is 0 Å². The van der Waals surface area contributed by atoms with Crippen molar-refractivity contribution in [2.45, 2.75) is 19.4 Å². The summed E-state index contributed by atoms with van der Waals surface area (Å²) < 4.78 is 16.2. The summed E-state index contributed by atoms with van der Waals surface area (Å²) >= 11 is 3.46. The molecule has 19 heavy (non-hydrogen) atoms. The molecule has 0 saturated carbocycles. The second kappa shape index (κ2) is 6.77. The van der Waals surface area contributed by atoms with Gasteiger partial charge in [-0.15, -0.1) is 0 Å². The van der Waals surface area contributed by atoms with Crippen LogP contribution in [0.5, 0.6) is 11.5 Å². The van der Waals surface area contributed by atoms with Crippen molar-refractivity contribution in [2.75, 3.05) is 20.4 Å². The molecule has 104 valence electrons. The molecule has 0 bridgehead atoms. The lowest BCUT2D eigenvalue weighted by Crippen LogP contribution is -2.16.